The van der Waals surface area contributed by atoms with Crippen LogP contribution in [0.25, 0.3) is 0 Å². The first-order chi connectivity index (χ1) is 27.4. The maximum atomic E-state index is 14.2. The van der Waals surface area contributed by atoms with Crippen molar-refractivity contribution in [1.29, 1.82) is 0 Å². The first kappa shape index (κ1) is 42.2. The van der Waals surface area contributed by atoms with Crippen LogP contribution in [0.1, 0.15) is 81.3 Å². The molecule has 4 aliphatic rings. The van der Waals surface area contributed by atoms with Gasteiger partial charge in [0.25, 0.3) is 0 Å². The van der Waals surface area contributed by atoms with Crippen LogP contribution in [-0.2, 0) is 68.3 Å². The van der Waals surface area contributed by atoms with Crippen LogP contribution in [0.5, 0.6) is 0 Å². The molecule has 1 aromatic heterocycles. The van der Waals surface area contributed by atoms with Gasteiger partial charge in [-0.15, -0.1) is 0 Å². The van der Waals surface area contributed by atoms with Crippen LogP contribution in [0, 0.1) is 23.2 Å². The van der Waals surface area contributed by atoms with Crippen molar-refractivity contribution in [2.75, 3.05) is 13.2 Å². The molecule has 4 bridgehead atoms. The maximum absolute atomic E-state index is 14.2. The minimum Gasteiger partial charge on any atom is -0.465 e. The number of hydrogen-bond acceptors (Lipinski definition) is 17. The summed E-state index contributed by atoms with van der Waals surface area (Å²) in [6.07, 6.45) is -8.94. The molecule has 2 aliphatic heterocycles. The van der Waals surface area contributed by atoms with Crippen molar-refractivity contribution in [3.05, 3.63) is 65.5 Å². The van der Waals surface area contributed by atoms with E-state index in [9.17, 15) is 38.7 Å². The zero-order valence-corrected chi connectivity index (χ0v) is 33.2. The minimum atomic E-state index is -2.34. The lowest BCUT2D eigenvalue weighted by molar-refractivity contribution is -0.347. The van der Waals surface area contributed by atoms with E-state index in [0.717, 1.165) is 27.7 Å². The number of carbonyl (C=O) groups excluding carboxylic acids is 7. The number of benzene rings is 1. The Morgan fingerprint density at radius 1 is 0.845 bits per heavy atom. The number of aromatic nitrogens is 1. The maximum Gasteiger partial charge on any atom is 0.340 e. The van der Waals surface area contributed by atoms with E-state index in [2.05, 4.69) is 4.98 Å². The molecule has 12 atom stereocenters. The van der Waals surface area contributed by atoms with Crippen molar-refractivity contribution >= 4 is 41.8 Å². The van der Waals surface area contributed by atoms with Gasteiger partial charge in [0.2, 0.25) is 0 Å². The van der Waals surface area contributed by atoms with Gasteiger partial charge in [-0.2, -0.15) is 0 Å². The monoisotopic (exact) mass is 809 g/mol. The standard InChI is InChI=1S/C41H47NO16/c1-20-15-16-28-27(14-11-17-42-28)38(50)52-18-39(7)29-32(53-23(4)44)35(55-25(6)46)40(19-51-22(3)43)34(57-37(49)26-12-9-8-10-13-26)30(47)31(56-36(20)48)21(2)41(40,58-39)33(29)54-24(5)45/h8-14,17,20-21,29-35,47H,15-16,18-19H2,1-7H3. The Balaban J connectivity index is 1.71. The Kier molecular flexibility index (Phi) is 11.7. The van der Waals surface area contributed by atoms with E-state index < -0.39 is 126 Å². The molecular weight excluding hydrogens is 762 g/mol. The van der Waals surface area contributed by atoms with Gasteiger partial charge in [0, 0.05) is 39.8 Å². The predicted octanol–water partition coefficient (Wildman–Crippen LogP) is 2.47. The Labute approximate surface area is 333 Å². The second-order valence-corrected chi connectivity index (χ2v) is 15.6. The molecule has 3 fully saturated rings. The number of aryl methyl sites for hydroxylation is 1. The Morgan fingerprint density at radius 3 is 2.14 bits per heavy atom. The number of aliphatic hydroxyl groups is 1. The molecule has 17 nitrogen and oxygen atoms in total. The SMILES string of the molecule is CC(=O)OCC12C(OC(=O)c3ccccc3)C(O)C3OC(=O)C(C)CCc4ncccc4C(=O)OCC4(C)OC1(C3C)C(OC(C)=O)C4C(OC(C)=O)C2OC(C)=O. The number of nitrogens with zero attached hydrogens (tertiary/aromatic N) is 1. The Hall–Kier alpha value is -5.42. The summed E-state index contributed by atoms with van der Waals surface area (Å²) in [6.45, 7) is 7.43. The molecule has 17 heteroatoms. The van der Waals surface area contributed by atoms with E-state index >= 15 is 0 Å². The third kappa shape index (κ3) is 7.18. The molecule has 1 spiro atoms. The number of carbonyl (C=O) groups is 7. The van der Waals surface area contributed by atoms with Gasteiger partial charge in [0.05, 0.1) is 28.7 Å². The quantitative estimate of drug-likeness (QED) is 0.313. The fraction of sp³-hybridized carbons (Fsp3) is 0.561. The summed E-state index contributed by atoms with van der Waals surface area (Å²) in [5.41, 5.74) is -6.00. The summed E-state index contributed by atoms with van der Waals surface area (Å²) >= 11 is 0. The molecule has 2 saturated carbocycles. The van der Waals surface area contributed by atoms with E-state index in [-0.39, 0.29) is 24.0 Å². The summed E-state index contributed by atoms with van der Waals surface area (Å²) in [6, 6.07) is 10.7. The average Bonchev–Trinajstić information content (AvgIpc) is 3.38. The van der Waals surface area contributed by atoms with Gasteiger partial charge in [0.1, 0.15) is 60.4 Å². The summed E-state index contributed by atoms with van der Waals surface area (Å²) in [7, 11) is 0. The molecule has 312 valence electrons. The van der Waals surface area contributed by atoms with Crippen molar-refractivity contribution in [2.45, 2.75) is 109 Å². The topological polar surface area (TPSA) is 226 Å². The number of cyclic esters (lactones) is 1. The van der Waals surface area contributed by atoms with Gasteiger partial charge < -0.3 is 43.0 Å². The number of hydrogen-bond donors (Lipinski definition) is 1. The van der Waals surface area contributed by atoms with Crippen LogP contribution in [0.2, 0.25) is 0 Å². The van der Waals surface area contributed by atoms with Gasteiger partial charge in [-0.1, -0.05) is 32.0 Å². The molecule has 58 heavy (non-hydrogen) atoms. The van der Waals surface area contributed by atoms with Crippen molar-refractivity contribution < 1.29 is 76.6 Å². The minimum absolute atomic E-state index is 0.00799. The highest BCUT2D eigenvalue weighted by molar-refractivity contribution is 5.91. The van der Waals surface area contributed by atoms with Gasteiger partial charge in [-0.25, -0.2) is 9.59 Å². The van der Waals surface area contributed by atoms with E-state index in [1.807, 2.05) is 0 Å². The lowest BCUT2D eigenvalue weighted by Crippen LogP contribution is -2.83. The summed E-state index contributed by atoms with van der Waals surface area (Å²) < 4.78 is 49.5. The third-order valence-electron chi connectivity index (χ3n) is 11.8. The summed E-state index contributed by atoms with van der Waals surface area (Å²) in [4.78, 5) is 98.9. The van der Waals surface area contributed by atoms with Crippen molar-refractivity contribution in [3.63, 3.8) is 0 Å². The second-order valence-electron chi connectivity index (χ2n) is 15.6. The normalized spacial score (nSPS) is 35.4. The van der Waals surface area contributed by atoms with Crippen LogP contribution in [0.3, 0.4) is 0 Å². The highest BCUT2D eigenvalue weighted by Gasteiger charge is 2.87. The third-order valence-corrected chi connectivity index (χ3v) is 11.8. The fourth-order valence-electron chi connectivity index (χ4n) is 9.44. The predicted molar refractivity (Wildman–Crippen MR) is 194 cm³/mol. The van der Waals surface area contributed by atoms with Crippen LogP contribution in [0.4, 0.5) is 0 Å². The fourth-order valence-corrected chi connectivity index (χ4v) is 9.44. The van der Waals surface area contributed by atoms with Crippen LogP contribution < -0.4 is 0 Å². The number of pyridine rings is 1. The lowest BCUT2D eigenvalue weighted by atomic mass is 9.46. The highest BCUT2D eigenvalue weighted by Crippen LogP contribution is 2.69. The molecule has 3 heterocycles. The number of esters is 7. The molecule has 0 radical (unpaired) electrons. The molecule has 2 aromatic rings. The molecule has 0 amide bonds. The lowest BCUT2D eigenvalue weighted by Gasteiger charge is -2.65. The van der Waals surface area contributed by atoms with E-state index in [0.29, 0.717) is 5.69 Å². The van der Waals surface area contributed by atoms with Gasteiger partial charge in [-0.05, 0) is 44.0 Å². The van der Waals surface area contributed by atoms with Gasteiger partial charge in [0.15, 0.2) is 6.10 Å². The van der Waals surface area contributed by atoms with Crippen LogP contribution in [0.15, 0.2) is 48.7 Å². The van der Waals surface area contributed by atoms with E-state index in [1.54, 1.807) is 25.1 Å². The zero-order valence-electron chi connectivity index (χ0n) is 33.2. The molecular formula is C41H47NO16. The van der Waals surface area contributed by atoms with Crippen molar-refractivity contribution in [2.24, 2.45) is 23.2 Å². The van der Waals surface area contributed by atoms with Crippen molar-refractivity contribution in [3.8, 4) is 0 Å². The summed E-state index contributed by atoms with van der Waals surface area (Å²) in [5, 5.41) is 12.6. The smallest absolute Gasteiger partial charge is 0.340 e. The molecule has 6 rings (SSSR count). The number of aliphatic hydroxyl groups excluding tert-OH is 1. The van der Waals surface area contributed by atoms with Crippen LogP contribution >= 0.6 is 0 Å². The summed E-state index contributed by atoms with van der Waals surface area (Å²) in [5.74, 6) is -9.75. The average molecular weight is 810 g/mol. The van der Waals surface area contributed by atoms with Crippen molar-refractivity contribution in [1.82, 2.24) is 4.98 Å². The Morgan fingerprint density at radius 2 is 1.50 bits per heavy atom. The molecule has 1 saturated heterocycles. The second kappa shape index (κ2) is 16.1. The number of ether oxygens (including phenoxy) is 8. The number of fused-ring (bicyclic) bond motifs is 5. The highest BCUT2D eigenvalue weighted by atomic mass is 16.7. The molecule has 1 N–H and O–H groups in total. The Bertz CT molecular complexity index is 1970. The molecule has 2 aliphatic carbocycles. The zero-order chi connectivity index (χ0) is 42.3. The largest absolute Gasteiger partial charge is 0.465 e. The number of rotatable bonds is 7. The molecule has 1 aromatic carbocycles. The molecule has 12 unspecified atom stereocenters. The van der Waals surface area contributed by atoms with E-state index in [1.165, 1.54) is 44.3 Å². The van der Waals surface area contributed by atoms with Gasteiger partial charge >= 0.3 is 41.8 Å². The van der Waals surface area contributed by atoms with Crippen LogP contribution in [-0.4, -0.2) is 113 Å². The van der Waals surface area contributed by atoms with Gasteiger partial charge in [-0.3, -0.25) is 29.0 Å². The van der Waals surface area contributed by atoms with E-state index in [4.69, 9.17) is 37.9 Å². The first-order valence-electron chi connectivity index (χ1n) is 19.0. The first-order valence-corrected chi connectivity index (χ1v) is 19.0.